The summed E-state index contributed by atoms with van der Waals surface area (Å²) in [5.74, 6) is 2.09. The van der Waals surface area contributed by atoms with E-state index in [-0.39, 0.29) is 0 Å². The number of nitrogens with one attached hydrogen (secondary N) is 2. The highest BCUT2D eigenvalue weighted by Gasteiger charge is 2.12. The number of nitrogens with zero attached hydrogens (tertiary/aromatic N) is 3. The number of benzene rings is 1. The maximum Gasteiger partial charge on any atom is 0.214 e. The Hall–Kier alpha value is -2.86. The van der Waals surface area contributed by atoms with Gasteiger partial charge >= 0.3 is 0 Å². The van der Waals surface area contributed by atoms with Gasteiger partial charge in [0.15, 0.2) is 5.76 Å². The van der Waals surface area contributed by atoms with E-state index in [0.29, 0.717) is 17.5 Å². The van der Waals surface area contributed by atoms with E-state index in [4.69, 9.17) is 16.0 Å². The number of fused-ring (bicyclic) bond motifs is 1. The number of hydrogen-bond donors (Lipinski definition) is 2. The number of aryl methyl sites for hydroxylation is 1. The van der Waals surface area contributed by atoms with Crippen LogP contribution in [0.5, 0.6) is 0 Å². The first-order valence-corrected chi connectivity index (χ1v) is 7.83. The van der Waals surface area contributed by atoms with Gasteiger partial charge in [-0.25, -0.2) is 15.0 Å². The minimum atomic E-state index is 0.436. The summed E-state index contributed by atoms with van der Waals surface area (Å²) in [7, 11) is 0. The van der Waals surface area contributed by atoms with Gasteiger partial charge in [0.05, 0.1) is 17.6 Å². The van der Waals surface area contributed by atoms with Gasteiger partial charge in [-0.2, -0.15) is 0 Å². The standard InChI is InChI=1S/C17H14ClN5O/c1-10-15(11-2-4-12(18)5-3-11)24-14(23-10)8-20-17-13-6-7-19-16(13)21-9-22-17/h2-7,9H,8H2,1H3,(H2,19,20,21,22). The van der Waals surface area contributed by atoms with E-state index in [1.54, 1.807) is 0 Å². The second-order valence-electron chi connectivity index (χ2n) is 5.34. The molecule has 4 aromatic rings. The smallest absolute Gasteiger partial charge is 0.214 e. The van der Waals surface area contributed by atoms with Crippen LogP contribution in [-0.2, 0) is 6.54 Å². The molecule has 3 heterocycles. The molecule has 0 radical (unpaired) electrons. The molecular formula is C17H14ClN5O. The van der Waals surface area contributed by atoms with Gasteiger partial charge in [0.1, 0.15) is 17.8 Å². The maximum atomic E-state index is 5.93. The predicted octanol–water partition coefficient (Wildman–Crippen LogP) is 4.19. The first kappa shape index (κ1) is 14.7. The summed E-state index contributed by atoms with van der Waals surface area (Å²) in [6, 6.07) is 9.43. The number of hydrogen-bond acceptors (Lipinski definition) is 5. The number of halogens is 1. The lowest BCUT2D eigenvalue weighted by Gasteiger charge is -2.03. The zero-order valence-corrected chi connectivity index (χ0v) is 13.6. The van der Waals surface area contributed by atoms with Crippen molar-refractivity contribution in [2.75, 3.05) is 5.32 Å². The summed E-state index contributed by atoms with van der Waals surface area (Å²) in [6.07, 6.45) is 3.35. The average molecular weight is 340 g/mol. The molecule has 1 aromatic carbocycles. The van der Waals surface area contributed by atoms with Crippen molar-refractivity contribution in [3.63, 3.8) is 0 Å². The molecule has 0 atom stereocenters. The lowest BCUT2D eigenvalue weighted by atomic mass is 10.1. The molecule has 2 N–H and O–H groups in total. The highest BCUT2D eigenvalue weighted by molar-refractivity contribution is 6.30. The minimum absolute atomic E-state index is 0.436. The van der Waals surface area contributed by atoms with Crippen LogP contribution >= 0.6 is 11.6 Å². The van der Waals surface area contributed by atoms with Gasteiger partial charge in [0.2, 0.25) is 5.89 Å². The van der Waals surface area contributed by atoms with Crippen LogP contribution in [0.25, 0.3) is 22.4 Å². The fraction of sp³-hybridized carbons (Fsp3) is 0.118. The molecule has 0 aliphatic carbocycles. The summed E-state index contributed by atoms with van der Waals surface area (Å²) in [5, 5.41) is 4.86. The molecule has 4 rings (SSSR count). The molecule has 0 aliphatic heterocycles. The molecular weight excluding hydrogens is 326 g/mol. The van der Waals surface area contributed by atoms with Crippen LogP contribution in [0.1, 0.15) is 11.6 Å². The lowest BCUT2D eigenvalue weighted by molar-refractivity contribution is 0.515. The zero-order valence-electron chi connectivity index (χ0n) is 12.9. The molecule has 0 amide bonds. The zero-order chi connectivity index (χ0) is 16.5. The number of H-pyrrole nitrogens is 1. The minimum Gasteiger partial charge on any atom is -0.438 e. The monoisotopic (exact) mass is 339 g/mol. The molecule has 0 unspecified atom stereocenters. The van der Waals surface area contributed by atoms with Crippen molar-refractivity contribution in [1.82, 2.24) is 19.9 Å². The maximum absolute atomic E-state index is 5.93. The van der Waals surface area contributed by atoms with Crippen LogP contribution < -0.4 is 5.32 Å². The topological polar surface area (TPSA) is 79.6 Å². The van der Waals surface area contributed by atoms with E-state index in [9.17, 15) is 0 Å². The summed E-state index contributed by atoms with van der Waals surface area (Å²) < 4.78 is 5.89. The van der Waals surface area contributed by atoms with Gasteiger partial charge in [0, 0.05) is 16.8 Å². The van der Waals surface area contributed by atoms with Crippen LogP contribution in [0.3, 0.4) is 0 Å². The van der Waals surface area contributed by atoms with Gasteiger partial charge in [-0.3, -0.25) is 0 Å². The second kappa shape index (κ2) is 5.98. The fourth-order valence-corrected chi connectivity index (χ4v) is 2.70. The first-order chi connectivity index (χ1) is 11.7. The summed E-state index contributed by atoms with van der Waals surface area (Å²) >= 11 is 5.93. The number of aromatic amines is 1. The number of anilines is 1. The SMILES string of the molecule is Cc1nc(CNc2ncnc3[nH]ccc23)oc1-c1ccc(Cl)cc1. The molecule has 3 aromatic heterocycles. The molecule has 0 bridgehead atoms. The first-order valence-electron chi connectivity index (χ1n) is 7.45. The van der Waals surface area contributed by atoms with Crippen LogP contribution in [0, 0.1) is 6.92 Å². The molecule has 0 spiro atoms. The van der Waals surface area contributed by atoms with Crippen molar-refractivity contribution in [1.29, 1.82) is 0 Å². The van der Waals surface area contributed by atoms with Gasteiger partial charge < -0.3 is 14.7 Å². The number of aromatic nitrogens is 4. The van der Waals surface area contributed by atoms with Crippen molar-refractivity contribution in [2.45, 2.75) is 13.5 Å². The quantitative estimate of drug-likeness (QED) is 0.583. The van der Waals surface area contributed by atoms with E-state index >= 15 is 0 Å². The van der Waals surface area contributed by atoms with Crippen LogP contribution in [-0.4, -0.2) is 19.9 Å². The van der Waals surface area contributed by atoms with E-state index in [2.05, 4.69) is 25.3 Å². The van der Waals surface area contributed by atoms with Crippen molar-refractivity contribution in [3.05, 3.63) is 59.5 Å². The van der Waals surface area contributed by atoms with Crippen LogP contribution in [0.15, 0.2) is 47.3 Å². The van der Waals surface area contributed by atoms with Crippen molar-refractivity contribution in [2.24, 2.45) is 0 Å². The molecule has 0 fully saturated rings. The Bertz CT molecular complexity index is 990. The van der Waals surface area contributed by atoms with Gasteiger partial charge in [-0.1, -0.05) is 11.6 Å². The van der Waals surface area contributed by atoms with Gasteiger partial charge in [0.25, 0.3) is 0 Å². The highest BCUT2D eigenvalue weighted by Crippen LogP contribution is 2.26. The Morgan fingerprint density at radius 1 is 1.17 bits per heavy atom. The van der Waals surface area contributed by atoms with E-state index in [1.165, 1.54) is 6.33 Å². The van der Waals surface area contributed by atoms with Crippen LogP contribution in [0.4, 0.5) is 5.82 Å². The van der Waals surface area contributed by atoms with E-state index < -0.39 is 0 Å². The normalized spacial score (nSPS) is 11.1. The molecule has 120 valence electrons. The molecule has 7 heteroatoms. The molecule has 0 saturated carbocycles. The Labute approximate surface area is 142 Å². The average Bonchev–Trinajstić information content (AvgIpc) is 3.20. The van der Waals surface area contributed by atoms with Crippen molar-refractivity contribution in [3.8, 4) is 11.3 Å². The largest absolute Gasteiger partial charge is 0.438 e. The summed E-state index contributed by atoms with van der Waals surface area (Å²) in [4.78, 5) is 16.0. The van der Waals surface area contributed by atoms with Crippen molar-refractivity contribution < 1.29 is 4.42 Å². The van der Waals surface area contributed by atoms with Gasteiger partial charge in [-0.05, 0) is 37.3 Å². The molecule has 0 aliphatic rings. The number of oxazole rings is 1. The molecule has 24 heavy (non-hydrogen) atoms. The predicted molar refractivity (Wildman–Crippen MR) is 92.9 cm³/mol. The summed E-state index contributed by atoms with van der Waals surface area (Å²) in [5.41, 5.74) is 2.58. The van der Waals surface area contributed by atoms with Crippen LogP contribution in [0.2, 0.25) is 5.02 Å². The Morgan fingerprint density at radius 2 is 2.00 bits per heavy atom. The third kappa shape index (κ3) is 2.72. The fourth-order valence-electron chi connectivity index (χ4n) is 2.57. The van der Waals surface area contributed by atoms with Gasteiger partial charge in [-0.15, -0.1) is 0 Å². The Kier molecular flexibility index (Phi) is 3.66. The second-order valence-corrected chi connectivity index (χ2v) is 5.78. The third-order valence-corrected chi connectivity index (χ3v) is 3.96. The third-order valence-electron chi connectivity index (χ3n) is 3.71. The van der Waals surface area contributed by atoms with E-state index in [0.717, 1.165) is 33.9 Å². The molecule has 6 nitrogen and oxygen atoms in total. The van der Waals surface area contributed by atoms with E-state index in [1.807, 2.05) is 43.5 Å². The molecule has 0 saturated heterocycles. The number of rotatable bonds is 4. The highest BCUT2D eigenvalue weighted by atomic mass is 35.5. The Balaban J connectivity index is 1.56. The Morgan fingerprint density at radius 3 is 2.83 bits per heavy atom. The lowest BCUT2D eigenvalue weighted by Crippen LogP contribution is -2.02. The van der Waals surface area contributed by atoms with Crippen molar-refractivity contribution >= 4 is 28.5 Å². The summed E-state index contributed by atoms with van der Waals surface area (Å²) in [6.45, 7) is 2.36.